The zero-order valence-electron chi connectivity index (χ0n) is 13.9. The van der Waals surface area contributed by atoms with Gasteiger partial charge in [-0.05, 0) is 49.3 Å². The van der Waals surface area contributed by atoms with E-state index in [1.165, 1.54) is 31.2 Å². The Labute approximate surface area is 138 Å². The van der Waals surface area contributed by atoms with Crippen molar-refractivity contribution in [2.45, 2.75) is 45.2 Å². The van der Waals surface area contributed by atoms with Gasteiger partial charge in [0.1, 0.15) is 5.82 Å². The van der Waals surface area contributed by atoms with Gasteiger partial charge in [0.2, 0.25) is 0 Å². The van der Waals surface area contributed by atoms with Crippen LogP contribution in [0.2, 0.25) is 0 Å². The van der Waals surface area contributed by atoms with E-state index < -0.39 is 0 Å². The summed E-state index contributed by atoms with van der Waals surface area (Å²) in [6.07, 6.45) is 7.08. The highest BCUT2D eigenvalue weighted by Crippen LogP contribution is 2.25. The summed E-state index contributed by atoms with van der Waals surface area (Å²) in [6.45, 7) is 5.32. The molecule has 0 unspecified atom stereocenters. The minimum Gasteiger partial charge on any atom is -0.370 e. The fourth-order valence-corrected chi connectivity index (χ4v) is 3.81. The first-order valence-electron chi connectivity index (χ1n) is 8.90. The minimum atomic E-state index is 0.404. The van der Waals surface area contributed by atoms with Gasteiger partial charge in [0.05, 0.1) is 6.20 Å². The number of hydrogen-bond acceptors (Lipinski definition) is 3. The van der Waals surface area contributed by atoms with Gasteiger partial charge in [-0.25, -0.2) is 4.68 Å². The molecule has 4 nitrogen and oxygen atoms in total. The van der Waals surface area contributed by atoms with Gasteiger partial charge >= 0.3 is 0 Å². The van der Waals surface area contributed by atoms with Crippen LogP contribution < -0.4 is 10.6 Å². The highest BCUT2D eigenvalue weighted by molar-refractivity contribution is 5.36. The molecule has 0 saturated heterocycles. The van der Waals surface area contributed by atoms with Crippen LogP contribution in [0.25, 0.3) is 0 Å². The molecule has 2 atom stereocenters. The lowest BCUT2D eigenvalue weighted by Crippen LogP contribution is -2.36. The van der Waals surface area contributed by atoms with Crippen LogP contribution in [0, 0.1) is 5.92 Å². The molecule has 23 heavy (non-hydrogen) atoms. The lowest BCUT2D eigenvalue weighted by molar-refractivity contribution is 0.376. The molecule has 0 bridgehead atoms. The molecule has 0 radical (unpaired) electrons. The summed E-state index contributed by atoms with van der Waals surface area (Å²) in [7, 11) is 0. The average Bonchev–Trinajstić information content (AvgIpc) is 3.07. The summed E-state index contributed by atoms with van der Waals surface area (Å²) in [4.78, 5) is 0. The van der Waals surface area contributed by atoms with E-state index in [0.29, 0.717) is 12.0 Å². The molecule has 1 aromatic carbocycles. The van der Waals surface area contributed by atoms with E-state index >= 15 is 0 Å². The van der Waals surface area contributed by atoms with Crippen LogP contribution in [0.3, 0.4) is 0 Å². The van der Waals surface area contributed by atoms with E-state index in [2.05, 4.69) is 45.5 Å². The SMILES string of the molecule is C[C@@H](NC[C@H]1CNc2ccnn2C1)c1ccc2c(c1)CCCC2. The number of fused-ring (bicyclic) bond motifs is 2. The van der Waals surface area contributed by atoms with Crippen LogP contribution in [-0.2, 0) is 19.4 Å². The summed E-state index contributed by atoms with van der Waals surface area (Å²) >= 11 is 0. The van der Waals surface area contributed by atoms with E-state index in [1.54, 1.807) is 11.1 Å². The van der Waals surface area contributed by atoms with Gasteiger partial charge in [-0.3, -0.25) is 0 Å². The lowest BCUT2D eigenvalue weighted by atomic mass is 9.89. The third-order valence-corrected chi connectivity index (χ3v) is 5.30. The molecule has 122 valence electrons. The van der Waals surface area contributed by atoms with Crippen molar-refractivity contribution in [2.24, 2.45) is 5.92 Å². The van der Waals surface area contributed by atoms with Crippen molar-refractivity contribution in [1.82, 2.24) is 15.1 Å². The van der Waals surface area contributed by atoms with Crippen LogP contribution >= 0.6 is 0 Å². The molecular formula is C19H26N4. The Balaban J connectivity index is 1.36. The van der Waals surface area contributed by atoms with E-state index in [1.807, 2.05) is 12.3 Å². The quantitative estimate of drug-likeness (QED) is 0.911. The summed E-state index contributed by atoms with van der Waals surface area (Å²) in [5.74, 6) is 1.73. The van der Waals surface area contributed by atoms with E-state index in [4.69, 9.17) is 0 Å². The third-order valence-electron chi connectivity index (χ3n) is 5.30. The Bertz CT molecular complexity index is 676. The second kappa shape index (κ2) is 6.36. The number of benzene rings is 1. The third kappa shape index (κ3) is 3.13. The first-order valence-corrected chi connectivity index (χ1v) is 8.90. The fourth-order valence-electron chi connectivity index (χ4n) is 3.81. The first kappa shape index (κ1) is 14.8. The molecule has 0 fully saturated rings. The van der Waals surface area contributed by atoms with Crippen LogP contribution in [0.4, 0.5) is 5.82 Å². The molecule has 1 aliphatic carbocycles. The molecular weight excluding hydrogens is 284 g/mol. The molecule has 1 aromatic heterocycles. The van der Waals surface area contributed by atoms with Crippen molar-refractivity contribution < 1.29 is 0 Å². The van der Waals surface area contributed by atoms with Crippen molar-refractivity contribution in [3.8, 4) is 0 Å². The van der Waals surface area contributed by atoms with Gasteiger partial charge in [0.15, 0.2) is 0 Å². The van der Waals surface area contributed by atoms with Crippen LogP contribution in [-0.4, -0.2) is 22.9 Å². The normalized spacial score (nSPS) is 21.2. The van der Waals surface area contributed by atoms with E-state index in [0.717, 1.165) is 25.5 Å². The van der Waals surface area contributed by atoms with Crippen molar-refractivity contribution in [2.75, 3.05) is 18.4 Å². The molecule has 0 spiro atoms. The number of hydrogen-bond donors (Lipinski definition) is 2. The zero-order valence-corrected chi connectivity index (χ0v) is 13.9. The van der Waals surface area contributed by atoms with Gasteiger partial charge < -0.3 is 10.6 Å². The second-order valence-corrected chi connectivity index (χ2v) is 7.01. The van der Waals surface area contributed by atoms with Gasteiger partial charge in [0, 0.05) is 37.7 Å². The summed E-state index contributed by atoms with van der Waals surface area (Å²) < 4.78 is 2.07. The largest absolute Gasteiger partial charge is 0.370 e. The van der Waals surface area contributed by atoms with Crippen molar-refractivity contribution in [3.63, 3.8) is 0 Å². The number of aromatic nitrogens is 2. The maximum atomic E-state index is 4.37. The van der Waals surface area contributed by atoms with Gasteiger partial charge in [-0.1, -0.05) is 18.2 Å². The summed E-state index contributed by atoms with van der Waals surface area (Å²) in [5, 5.41) is 11.5. The standard InChI is InChI=1S/C19H26N4/c1-14(17-7-6-16-4-2-3-5-18(16)10-17)20-11-15-12-21-19-8-9-22-23(19)13-15/h6-10,14-15,20-21H,2-5,11-13H2,1H3/t14-,15+/m1/s1. The smallest absolute Gasteiger partial charge is 0.124 e. The zero-order chi connectivity index (χ0) is 15.6. The topological polar surface area (TPSA) is 41.9 Å². The van der Waals surface area contributed by atoms with Crippen LogP contribution in [0.1, 0.15) is 42.5 Å². The highest BCUT2D eigenvalue weighted by Gasteiger charge is 2.19. The highest BCUT2D eigenvalue weighted by atomic mass is 15.3. The van der Waals surface area contributed by atoms with Gasteiger partial charge in [0.25, 0.3) is 0 Å². The Morgan fingerprint density at radius 3 is 3.04 bits per heavy atom. The predicted octanol–water partition coefficient (Wildman–Crippen LogP) is 3.15. The predicted molar refractivity (Wildman–Crippen MR) is 93.7 cm³/mol. The van der Waals surface area contributed by atoms with Crippen LogP contribution in [0.5, 0.6) is 0 Å². The second-order valence-electron chi connectivity index (χ2n) is 7.01. The number of anilines is 1. The Morgan fingerprint density at radius 1 is 1.26 bits per heavy atom. The number of nitrogens with zero attached hydrogens (tertiary/aromatic N) is 2. The average molecular weight is 310 g/mol. The molecule has 4 heteroatoms. The summed E-state index contributed by atoms with van der Waals surface area (Å²) in [5.41, 5.74) is 4.56. The van der Waals surface area contributed by atoms with Crippen LogP contribution in [0.15, 0.2) is 30.5 Å². The molecule has 2 aliphatic rings. The number of nitrogens with one attached hydrogen (secondary N) is 2. The Kier molecular flexibility index (Phi) is 4.08. The van der Waals surface area contributed by atoms with Crippen molar-refractivity contribution in [1.29, 1.82) is 0 Å². The minimum absolute atomic E-state index is 0.404. The number of rotatable bonds is 4. The summed E-state index contributed by atoms with van der Waals surface area (Å²) in [6, 6.07) is 9.53. The van der Waals surface area contributed by atoms with Gasteiger partial charge in [-0.2, -0.15) is 5.10 Å². The van der Waals surface area contributed by atoms with Gasteiger partial charge in [-0.15, -0.1) is 0 Å². The molecule has 0 amide bonds. The maximum Gasteiger partial charge on any atom is 0.124 e. The fraction of sp³-hybridized carbons (Fsp3) is 0.526. The Morgan fingerprint density at radius 2 is 2.13 bits per heavy atom. The first-order chi connectivity index (χ1) is 11.3. The number of aryl methyl sites for hydroxylation is 2. The lowest BCUT2D eigenvalue weighted by Gasteiger charge is -2.27. The molecule has 2 heterocycles. The monoisotopic (exact) mass is 310 g/mol. The molecule has 0 saturated carbocycles. The molecule has 1 aliphatic heterocycles. The molecule has 2 N–H and O–H groups in total. The van der Waals surface area contributed by atoms with Crippen molar-refractivity contribution >= 4 is 5.82 Å². The maximum absolute atomic E-state index is 4.37. The van der Waals surface area contributed by atoms with E-state index in [-0.39, 0.29) is 0 Å². The molecule has 2 aromatic rings. The van der Waals surface area contributed by atoms with Crippen molar-refractivity contribution in [3.05, 3.63) is 47.2 Å². The molecule has 4 rings (SSSR count). The van der Waals surface area contributed by atoms with E-state index in [9.17, 15) is 0 Å². The Hall–Kier alpha value is -1.81.